The van der Waals surface area contributed by atoms with Crippen LogP contribution in [0.2, 0.25) is 0 Å². The maximum atomic E-state index is 5.48. The molecular weight excluding hydrogens is 238 g/mol. The van der Waals surface area contributed by atoms with Crippen molar-refractivity contribution in [3.63, 3.8) is 0 Å². The van der Waals surface area contributed by atoms with E-state index in [1.54, 1.807) is 13.3 Å². The zero-order valence-corrected chi connectivity index (χ0v) is 11.6. The van der Waals surface area contributed by atoms with Gasteiger partial charge in [0.25, 0.3) is 0 Å². The summed E-state index contributed by atoms with van der Waals surface area (Å²) in [5.41, 5.74) is 0. The maximum Gasteiger partial charge on any atom is 0.219 e. The van der Waals surface area contributed by atoms with Crippen LogP contribution in [0.25, 0.3) is 0 Å². The fraction of sp³-hybridized carbons (Fsp3) is 0.600. The van der Waals surface area contributed by atoms with Gasteiger partial charge in [-0.25, -0.2) is 9.97 Å². The van der Waals surface area contributed by atoms with Gasteiger partial charge in [-0.15, -0.1) is 5.92 Å². The Morgan fingerprint density at radius 1 is 1.16 bits per heavy atom. The Morgan fingerprint density at radius 3 is 2.63 bits per heavy atom. The van der Waals surface area contributed by atoms with Gasteiger partial charge >= 0.3 is 0 Å². The lowest BCUT2D eigenvalue weighted by molar-refractivity contribution is 0.354. The predicted molar refractivity (Wildman–Crippen MR) is 76.3 cm³/mol. The van der Waals surface area contributed by atoms with Crippen LogP contribution < -0.4 is 9.64 Å². The van der Waals surface area contributed by atoms with Gasteiger partial charge in [0.2, 0.25) is 5.88 Å². The SMILES string of the molecule is CC#CCOc1cc(N2CCCCCCC2)ncn1. The van der Waals surface area contributed by atoms with Crippen molar-refractivity contribution in [2.45, 2.75) is 39.0 Å². The minimum Gasteiger partial charge on any atom is -0.464 e. The van der Waals surface area contributed by atoms with Crippen molar-refractivity contribution >= 4 is 5.82 Å². The second-order valence-corrected chi connectivity index (χ2v) is 4.68. The molecule has 1 aliphatic heterocycles. The summed E-state index contributed by atoms with van der Waals surface area (Å²) < 4.78 is 5.48. The normalized spacial score (nSPS) is 15.9. The number of anilines is 1. The molecule has 1 aromatic rings. The molecule has 1 fully saturated rings. The minimum absolute atomic E-state index is 0.382. The van der Waals surface area contributed by atoms with Gasteiger partial charge < -0.3 is 9.64 Å². The van der Waals surface area contributed by atoms with Crippen LogP contribution >= 0.6 is 0 Å². The first-order valence-corrected chi connectivity index (χ1v) is 6.99. The Kier molecular flexibility index (Phi) is 5.49. The minimum atomic E-state index is 0.382. The summed E-state index contributed by atoms with van der Waals surface area (Å²) in [4.78, 5) is 10.8. The Morgan fingerprint density at radius 2 is 1.89 bits per heavy atom. The molecule has 102 valence electrons. The van der Waals surface area contributed by atoms with E-state index in [9.17, 15) is 0 Å². The van der Waals surface area contributed by atoms with Crippen LogP contribution in [0.1, 0.15) is 39.0 Å². The third-order valence-corrected chi connectivity index (χ3v) is 3.28. The Hall–Kier alpha value is -1.76. The molecule has 0 bridgehead atoms. The van der Waals surface area contributed by atoms with Crippen molar-refractivity contribution in [1.82, 2.24) is 9.97 Å². The van der Waals surface area contributed by atoms with E-state index in [1.807, 2.05) is 6.07 Å². The average Bonchev–Trinajstić information content (AvgIpc) is 2.39. The first-order valence-electron chi connectivity index (χ1n) is 6.99. The maximum absolute atomic E-state index is 5.48. The number of ether oxygens (including phenoxy) is 1. The zero-order valence-electron chi connectivity index (χ0n) is 11.6. The lowest BCUT2D eigenvalue weighted by Crippen LogP contribution is -2.27. The van der Waals surface area contributed by atoms with Gasteiger partial charge in [-0.3, -0.25) is 0 Å². The van der Waals surface area contributed by atoms with E-state index in [0.29, 0.717) is 12.5 Å². The zero-order chi connectivity index (χ0) is 13.3. The standard InChI is InChI=1S/C15H21N3O/c1-2-3-11-19-15-12-14(16-13-17-15)18-9-7-5-4-6-8-10-18/h12-13H,4-11H2,1H3. The quantitative estimate of drug-likeness (QED) is 0.782. The Labute approximate surface area is 115 Å². The summed E-state index contributed by atoms with van der Waals surface area (Å²) in [7, 11) is 0. The molecule has 0 aromatic carbocycles. The number of nitrogens with zero attached hydrogens (tertiary/aromatic N) is 3. The highest BCUT2D eigenvalue weighted by atomic mass is 16.5. The number of aromatic nitrogens is 2. The topological polar surface area (TPSA) is 38.2 Å². The third-order valence-electron chi connectivity index (χ3n) is 3.28. The molecule has 1 aliphatic rings. The summed E-state index contributed by atoms with van der Waals surface area (Å²) >= 11 is 0. The van der Waals surface area contributed by atoms with Crippen LogP contribution in [-0.4, -0.2) is 29.7 Å². The fourth-order valence-corrected chi connectivity index (χ4v) is 2.24. The van der Waals surface area contributed by atoms with Gasteiger partial charge in [0.05, 0.1) is 0 Å². The Balaban J connectivity index is 2.00. The molecule has 1 aromatic heterocycles. The highest BCUT2D eigenvalue weighted by Crippen LogP contribution is 2.19. The van der Waals surface area contributed by atoms with E-state index >= 15 is 0 Å². The molecular formula is C15H21N3O. The second-order valence-electron chi connectivity index (χ2n) is 4.68. The van der Waals surface area contributed by atoms with Crippen molar-refractivity contribution in [2.75, 3.05) is 24.6 Å². The summed E-state index contributed by atoms with van der Waals surface area (Å²) in [6, 6.07) is 1.92. The average molecular weight is 259 g/mol. The molecule has 2 rings (SSSR count). The number of hydrogen-bond acceptors (Lipinski definition) is 4. The predicted octanol–water partition coefficient (Wildman–Crippen LogP) is 2.65. The molecule has 1 saturated heterocycles. The molecule has 0 saturated carbocycles. The molecule has 2 heterocycles. The van der Waals surface area contributed by atoms with E-state index in [2.05, 4.69) is 26.7 Å². The molecule has 0 radical (unpaired) electrons. The molecule has 0 unspecified atom stereocenters. The monoisotopic (exact) mass is 259 g/mol. The van der Waals surface area contributed by atoms with E-state index < -0.39 is 0 Å². The molecule has 4 nitrogen and oxygen atoms in total. The first kappa shape index (κ1) is 13.7. The van der Waals surface area contributed by atoms with Crippen molar-refractivity contribution in [2.24, 2.45) is 0 Å². The number of hydrogen-bond donors (Lipinski definition) is 0. The van der Waals surface area contributed by atoms with E-state index in [4.69, 9.17) is 4.74 Å². The Bertz CT molecular complexity index is 442. The van der Waals surface area contributed by atoms with Crippen LogP contribution in [0.5, 0.6) is 5.88 Å². The molecule has 0 spiro atoms. The lowest BCUT2D eigenvalue weighted by Gasteiger charge is -2.25. The van der Waals surface area contributed by atoms with Crippen LogP contribution in [0.4, 0.5) is 5.82 Å². The summed E-state index contributed by atoms with van der Waals surface area (Å²) in [5, 5.41) is 0. The van der Waals surface area contributed by atoms with Gasteiger partial charge in [-0.2, -0.15) is 0 Å². The molecule has 0 N–H and O–H groups in total. The van der Waals surface area contributed by atoms with E-state index in [1.165, 1.54) is 32.1 Å². The highest BCUT2D eigenvalue weighted by molar-refractivity contribution is 5.40. The van der Waals surface area contributed by atoms with Gasteiger partial charge in [-0.1, -0.05) is 25.2 Å². The smallest absolute Gasteiger partial charge is 0.219 e. The van der Waals surface area contributed by atoms with E-state index in [0.717, 1.165) is 18.9 Å². The van der Waals surface area contributed by atoms with Crippen molar-refractivity contribution in [1.29, 1.82) is 0 Å². The summed E-state index contributed by atoms with van der Waals surface area (Å²) in [5.74, 6) is 7.25. The van der Waals surface area contributed by atoms with Crippen LogP contribution in [0, 0.1) is 11.8 Å². The second kappa shape index (κ2) is 7.63. The summed E-state index contributed by atoms with van der Waals surface area (Å²) in [6.45, 7) is 4.33. The molecule has 0 atom stereocenters. The van der Waals surface area contributed by atoms with Crippen LogP contribution in [0.3, 0.4) is 0 Å². The highest BCUT2D eigenvalue weighted by Gasteiger charge is 2.11. The van der Waals surface area contributed by atoms with Gasteiger partial charge in [-0.05, 0) is 19.8 Å². The van der Waals surface area contributed by atoms with Crippen molar-refractivity contribution in [3.8, 4) is 17.7 Å². The van der Waals surface area contributed by atoms with Crippen molar-refractivity contribution in [3.05, 3.63) is 12.4 Å². The fourth-order valence-electron chi connectivity index (χ4n) is 2.24. The summed E-state index contributed by atoms with van der Waals surface area (Å²) in [6.07, 6.45) is 8.04. The van der Waals surface area contributed by atoms with Gasteiger partial charge in [0.15, 0.2) is 6.61 Å². The van der Waals surface area contributed by atoms with Gasteiger partial charge in [0.1, 0.15) is 12.1 Å². The molecule has 4 heteroatoms. The molecule has 19 heavy (non-hydrogen) atoms. The molecule has 0 amide bonds. The third kappa shape index (κ3) is 4.44. The van der Waals surface area contributed by atoms with Gasteiger partial charge in [0, 0.05) is 19.2 Å². The van der Waals surface area contributed by atoms with Crippen LogP contribution in [-0.2, 0) is 0 Å². The lowest BCUT2D eigenvalue weighted by atomic mass is 10.1. The van der Waals surface area contributed by atoms with Crippen molar-refractivity contribution < 1.29 is 4.74 Å². The molecule has 0 aliphatic carbocycles. The first-order chi connectivity index (χ1) is 9.40. The van der Waals surface area contributed by atoms with E-state index in [-0.39, 0.29) is 0 Å². The largest absolute Gasteiger partial charge is 0.464 e. The van der Waals surface area contributed by atoms with Crippen LogP contribution in [0.15, 0.2) is 12.4 Å². The number of rotatable bonds is 3.